The van der Waals surface area contributed by atoms with Crippen LogP contribution in [0, 0.1) is 0 Å². The summed E-state index contributed by atoms with van der Waals surface area (Å²) in [4.78, 5) is 39.2. The summed E-state index contributed by atoms with van der Waals surface area (Å²) in [7, 11) is 0. The molecule has 2 heterocycles. The van der Waals surface area contributed by atoms with Crippen LogP contribution in [0.2, 0.25) is 0 Å². The van der Waals surface area contributed by atoms with Crippen LogP contribution in [0.25, 0.3) is 11.2 Å². The Labute approximate surface area is 251 Å². The summed E-state index contributed by atoms with van der Waals surface area (Å²) in [5.74, 6) is -0.843. The molecule has 5 rings (SSSR count). The molecule has 5 N–H and O–H groups in total. The molecular weight excluding hydrogens is 569 g/mol. The van der Waals surface area contributed by atoms with Crippen LogP contribution in [0.15, 0.2) is 18.5 Å². The molecule has 2 aliphatic carbocycles. The summed E-state index contributed by atoms with van der Waals surface area (Å²) in [5, 5.41) is 16.7. The lowest BCUT2D eigenvalue weighted by molar-refractivity contribution is 0.0514. The predicted octanol–water partition coefficient (Wildman–Crippen LogP) is 5.65. The number of halogens is 2. The van der Waals surface area contributed by atoms with Gasteiger partial charge < -0.3 is 30.8 Å². The van der Waals surface area contributed by atoms with Crippen LogP contribution < -0.4 is 16.4 Å². The van der Waals surface area contributed by atoms with Crippen LogP contribution >= 0.6 is 24.8 Å². The smallest absolute Gasteiger partial charge is 0.339 e. The van der Waals surface area contributed by atoms with E-state index in [-0.39, 0.29) is 54.6 Å². The Hall–Kier alpha value is -3.15. The molecule has 0 unspecified atom stereocenters. The Kier molecular flexibility index (Phi) is 11.2. The lowest BCUT2D eigenvalue weighted by Gasteiger charge is -2.27. The van der Waals surface area contributed by atoms with E-state index < -0.39 is 11.9 Å². The Morgan fingerprint density at radius 1 is 1.07 bits per heavy atom. The molecule has 0 saturated heterocycles. The Morgan fingerprint density at radius 3 is 2.41 bits per heavy atom. The van der Waals surface area contributed by atoms with E-state index in [0.717, 1.165) is 44.2 Å². The first kappa shape index (κ1) is 32.4. The van der Waals surface area contributed by atoms with Crippen molar-refractivity contribution in [2.75, 3.05) is 17.2 Å². The van der Waals surface area contributed by atoms with Crippen molar-refractivity contribution < 1.29 is 19.4 Å². The Balaban J connectivity index is 0.00000231. The van der Waals surface area contributed by atoms with Gasteiger partial charge in [0.2, 0.25) is 5.95 Å². The number of hydrogen-bond acceptors (Lipinski definition) is 9. The summed E-state index contributed by atoms with van der Waals surface area (Å²) in [6.45, 7) is 3.68. The second-order valence-corrected chi connectivity index (χ2v) is 10.5. The zero-order valence-electron chi connectivity index (χ0n) is 23.4. The molecule has 1 aromatic carbocycles. The standard InChI is InChI=1S/C28H37N7O4.2ClH/c1-3-16-13-19(14-21(22(16)26(36)37)27(38)39-4-2)31-24-23-25(35(15-30-23)20-7-5-6-8-20)34-28(33-24)32-18-11-9-17(29)10-12-18;;/h13-15,17-18,20H,3-12,29H2,1-2H3,(H,36,37)(H2,31,32,33,34);2*1H. The van der Waals surface area contributed by atoms with Gasteiger partial charge in [-0.05, 0) is 69.6 Å². The highest BCUT2D eigenvalue weighted by Crippen LogP contribution is 2.34. The average molecular weight is 609 g/mol. The van der Waals surface area contributed by atoms with Crippen LogP contribution in [-0.4, -0.2) is 55.3 Å². The molecular formula is C28H39Cl2N7O4. The van der Waals surface area contributed by atoms with Crippen molar-refractivity contribution in [3.8, 4) is 0 Å². The monoisotopic (exact) mass is 607 g/mol. The summed E-state index contributed by atoms with van der Waals surface area (Å²) >= 11 is 0. The minimum absolute atomic E-state index is 0. The van der Waals surface area contributed by atoms with Crippen molar-refractivity contribution >= 4 is 65.4 Å². The van der Waals surface area contributed by atoms with Gasteiger partial charge in [-0.2, -0.15) is 9.97 Å². The lowest BCUT2D eigenvalue weighted by Crippen LogP contribution is -2.33. The molecule has 0 radical (unpaired) electrons. The van der Waals surface area contributed by atoms with E-state index in [1.807, 2.05) is 13.3 Å². The van der Waals surface area contributed by atoms with E-state index in [4.69, 9.17) is 20.4 Å². The number of nitrogens with two attached hydrogens (primary N) is 1. The van der Waals surface area contributed by atoms with Gasteiger partial charge in [-0.25, -0.2) is 14.6 Å². The van der Waals surface area contributed by atoms with Gasteiger partial charge in [0.05, 0.1) is 24.1 Å². The number of fused-ring (bicyclic) bond motifs is 1. The molecule has 13 heteroatoms. The summed E-state index contributed by atoms with van der Waals surface area (Å²) in [6.07, 6.45) is 10.6. The van der Waals surface area contributed by atoms with Gasteiger partial charge in [0.25, 0.3) is 0 Å². The molecule has 2 saturated carbocycles. The van der Waals surface area contributed by atoms with Gasteiger partial charge in [-0.1, -0.05) is 19.8 Å². The molecule has 3 aromatic rings. The van der Waals surface area contributed by atoms with E-state index in [2.05, 4.69) is 20.2 Å². The average Bonchev–Trinajstić information content (AvgIpc) is 3.60. The maximum atomic E-state index is 12.7. The number of carbonyl (C=O) groups is 2. The maximum absolute atomic E-state index is 12.7. The fourth-order valence-electron chi connectivity index (χ4n) is 5.78. The number of carbonyl (C=O) groups excluding carboxylic acids is 1. The number of carboxylic acid groups (broad SMARTS) is 1. The maximum Gasteiger partial charge on any atom is 0.339 e. The largest absolute Gasteiger partial charge is 0.478 e. The van der Waals surface area contributed by atoms with Crippen molar-refractivity contribution in [3.05, 3.63) is 35.2 Å². The molecule has 0 spiro atoms. The number of benzene rings is 1. The predicted molar refractivity (Wildman–Crippen MR) is 163 cm³/mol. The van der Waals surface area contributed by atoms with Crippen LogP contribution in [0.4, 0.5) is 17.5 Å². The lowest BCUT2D eigenvalue weighted by atomic mass is 9.92. The normalized spacial score (nSPS) is 18.8. The minimum Gasteiger partial charge on any atom is -0.478 e. The Bertz CT molecular complexity index is 1370. The van der Waals surface area contributed by atoms with Crippen molar-refractivity contribution in [1.82, 2.24) is 19.5 Å². The molecule has 2 aromatic heterocycles. The Morgan fingerprint density at radius 2 is 1.78 bits per heavy atom. The van der Waals surface area contributed by atoms with Gasteiger partial charge in [-0.15, -0.1) is 24.8 Å². The molecule has 0 atom stereocenters. The molecule has 11 nitrogen and oxygen atoms in total. The van der Waals surface area contributed by atoms with E-state index >= 15 is 0 Å². The third kappa shape index (κ3) is 7.02. The van der Waals surface area contributed by atoms with Gasteiger partial charge in [0.1, 0.15) is 0 Å². The van der Waals surface area contributed by atoms with E-state index in [1.54, 1.807) is 13.0 Å². The van der Waals surface area contributed by atoms with E-state index in [0.29, 0.717) is 41.0 Å². The number of aromatic nitrogens is 4. The second kappa shape index (κ2) is 14.2. The molecule has 2 aliphatic rings. The summed E-state index contributed by atoms with van der Waals surface area (Å²) < 4.78 is 7.32. The van der Waals surface area contributed by atoms with Crippen molar-refractivity contribution in [2.24, 2.45) is 5.73 Å². The number of ether oxygens (including phenoxy) is 1. The first-order valence-electron chi connectivity index (χ1n) is 14.0. The molecule has 41 heavy (non-hydrogen) atoms. The van der Waals surface area contributed by atoms with Crippen LogP contribution in [0.5, 0.6) is 0 Å². The fraction of sp³-hybridized carbons (Fsp3) is 0.536. The third-order valence-electron chi connectivity index (χ3n) is 7.82. The minimum atomic E-state index is -1.17. The highest BCUT2D eigenvalue weighted by Gasteiger charge is 2.26. The van der Waals surface area contributed by atoms with Crippen molar-refractivity contribution in [3.63, 3.8) is 0 Å². The number of carboxylic acids is 1. The van der Waals surface area contributed by atoms with E-state index in [1.165, 1.54) is 18.9 Å². The van der Waals surface area contributed by atoms with E-state index in [9.17, 15) is 14.7 Å². The number of esters is 1. The molecule has 0 amide bonds. The highest BCUT2D eigenvalue weighted by atomic mass is 35.5. The van der Waals surface area contributed by atoms with Gasteiger partial charge in [0.15, 0.2) is 17.0 Å². The summed E-state index contributed by atoms with van der Waals surface area (Å²) in [6, 6.07) is 4.06. The first-order valence-corrected chi connectivity index (χ1v) is 14.0. The number of aromatic carboxylic acids is 1. The number of aryl methyl sites for hydroxylation is 1. The number of anilines is 3. The second-order valence-electron chi connectivity index (χ2n) is 10.5. The number of rotatable bonds is 9. The topological polar surface area (TPSA) is 157 Å². The number of hydrogen-bond donors (Lipinski definition) is 4. The van der Waals surface area contributed by atoms with Crippen LogP contribution in [0.1, 0.15) is 97.5 Å². The molecule has 224 valence electrons. The number of nitrogens with one attached hydrogen (secondary N) is 2. The molecule has 0 bridgehead atoms. The SMILES string of the molecule is CCOC(=O)c1cc(Nc2nc(NC3CCC(N)CC3)nc3c2ncn3C2CCCC2)cc(CC)c1C(=O)O.Cl.Cl. The fourth-order valence-corrected chi connectivity index (χ4v) is 5.78. The van der Waals surface area contributed by atoms with Gasteiger partial charge >= 0.3 is 11.9 Å². The first-order chi connectivity index (χ1) is 18.9. The van der Waals surface area contributed by atoms with Gasteiger partial charge in [-0.3, -0.25) is 0 Å². The zero-order chi connectivity index (χ0) is 27.5. The molecule has 2 fully saturated rings. The van der Waals surface area contributed by atoms with Crippen LogP contribution in [0.3, 0.4) is 0 Å². The molecule has 0 aliphatic heterocycles. The third-order valence-corrected chi connectivity index (χ3v) is 7.82. The highest BCUT2D eigenvalue weighted by molar-refractivity contribution is 6.04. The quantitative estimate of drug-likeness (QED) is 0.224. The number of nitrogens with zero attached hydrogens (tertiary/aromatic N) is 4. The number of imidazole rings is 1. The zero-order valence-corrected chi connectivity index (χ0v) is 25.0. The summed E-state index contributed by atoms with van der Waals surface area (Å²) in [5.41, 5.74) is 8.49. The van der Waals surface area contributed by atoms with Crippen molar-refractivity contribution in [2.45, 2.75) is 89.8 Å². The van der Waals surface area contributed by atoms with Gasteiger partial charge in [0, 0.05) is 23.8 Å². The van der Waals surface area contributed by atoms with Crippen LogP contribution in [-0.2, 0) is 11.2 Å². The van der Waals surface area contributed by atoms with Crippen molar-refractivity contribution in [1.29, 1.82) is 0 Å².